The molecule has 0 bridgehead atoms. The number of ether oxygens (including phenoxy) is 1. The molecule has 0 spiro atoms. The molecule has 15 heavy (non-hydrogen) atoms. The third-order valence-electron chi connectivity index (χ3n) is 2.52. The summed E-state index contributed by atoms with van der Waals surface area (Å²) in [6.07, 6.45) is 3.41. The van der Waals surface area contributed by atoms with Crippen LogP contribution in [0.4, 0.5) is 0 Å². The van der Waals surface area contributed by atoms with E-state index in [4.69, 9.17) is 4.74 Å². The highest BCUT2D eigenvalue weighted by Gasteiger charge is 2.16. The molecule has 90 valence electrons. The zero-order valence-electron chi connectivity index (χ0n) is 9.16. The zero-order chi connectivity index (χ0) is 11.1. The van der Waals surface area contributed by atoms with Crippen LogP contribution < -0.4 is 10.0 Å². The summed E-state index contributed by atoms with van der Waals surface area (Å²) in [6, 6.07) is 0.288. The van der Waals surface area contributed by atoms with Gasteiger partial charge in [0.25, 0.3) is 0 Å². The Balaban J connectivity index is 2.22. The van der Waals surface area contributed by atoms with Gasteiger partial charge in [0.1, 0.15) is 0 Å². The van der Waals surface area contributed by atoms with Crippen LogP contribution in [0.5, 0.6) is 0 Å². The van der Waals surface area contributed by atoms with Gasteiger partial charge in [0.05, 0.1) is 12.4 Å². The van der Waals surface area contributed by atoms with Crippen molar-refractivity contribution < 1.29 is 13.2 Å². The number of nitrogens with one attached hydrogen (secondary N) is 2. The van der Waals surface area contributed by atoms with Gasteiger partial charge in [-0.05, 0) is 19.4 Å². The normalized spacial score (nSPS) is 22.9. The number of hydrogen-bond acceptors (Lipinski definition) is 4. The van der Waals surface area contributed by atoms with Gasteiger partial charge in [-0.3, -0.25) is 0 Å². The number of sulfonamides is 1. The fraction of sp³-hybridized carbons (Fsp3) is 1.00. The molecule has 1 rings (SSSR count). The van der Waals surface area contributed by atoms with Crippen LogP contribution in [0.3, 0.4) is 0 Å². The van der Waals surface area contributed by atoms with Crippen molar-refractivity contribution in [1.29, 1.82) is 0 Å². The minimum Gasteiger partial charge on any atom is -0.384 e. The molecule has 0 saturated carbocycles. The number of methoxy groups -OCH3 is 1. The van der Waals surface area contributed by atoms with E-state index in [1.165, 1.54) is 20.0 Å². The smallest absolute Gasteiger partial charge is 0.213 e. The highest BCUT2D eigenvalue weighted by atomic mass is 32.2. The fourth-order valence-corrected chi connectivity index (χ4v) is 2.58. The molecule has 0 aromatic heterocycles. The first kappa shape index (κ1) is 12.9. The molecule has 1 unspecified atom stereocenters. The van der Waals surface area contributed by atoms with E-state index in [-0.39, 0.29) is 18.4 Å². The van der Waals surface area contributed by atoms with Gasteiger partial charge in [0.15, 0.2) is 0 Å². The lowest BCUT2D eigenvalue weighted by atomic mass is 10.1. The average molecular weight is 236 g/mol. The maximum atomic E-state index is 11.4. The molecule has 0 radical (unpaired) electrons. The van der Waals surface area contributed by atoms with Crippen molar-refractivity contribution >= 4 is 10.0 Å². The quantitative estimate of drug-likeness (QED) is 0.664. The highest BCUT2D eigenvalue weighted by molar-refractivity contribution is 7.89. The highest BCUT2D eigenvalue weighted by Crippen LogP contribution is 2.05. The zero-order valence-corrected chi connectivity index (χ0v) is 9.98. The van der Waals surface area contributed by atoms with Gasteiger partial charge in [-0.25, -0.2) is 13.1 Å². The van der Waals surface area contributed by atoms with E-state index in [2.05, 4.69) is 10.0 Å². The molecule has 1 atom stereocenters. The molecule has 0 aromatic carbocycles. The monoisotopic (exact) mass is 236 g/mol. The fourth-order valence-electron chi connectivity index (χ4n) is 1.59. The van der Waals surface area contributed by atoms with Crippen molar-refractivity contribution in [3.05, 3.63) is 0 Å². The summed E-state index contributed by atoms with van der Waals surface area (Å²) in [5.41, 5.74) is 0. The maximum absolute atomic E-state index is 11.4. The molecule has 5 nitrogen and oxygen atoms in total. The van der Waals surface area contributed by atoms with Gasteiger partial charge in [0.2, 0.25) is 10.0 Å². The van der Waals surface area contributed by atoms with Crippen molar-refractivity contribution in [2.45, 2.75) is 25.3 Å². The Morgan fingerprint density at radius 1 is 1.47 bits per heavy atom. The summed E-state index contributed by atoms with van der Waals surface area (Å²) in [6.45, 7) is 1.73. The number of rotatable bonds is 6. The molecule has 0 amide bonds. The number of hydrogen-bond donors (Lipinski definition) is 2. The van der Waals surface area contributed by atoms with E-state index in [0.717, 1.165) is 13.0 Å². The second-order valence-electron chi connectivity index (χ2n) is 3.81. The second kappa shape index (κ2) is 6.42. The molecule has 1 aliphatic heterocycles. The molecule has 1 saturated heterocycles. The van der Waals surface area contributed by atoms with Crippen LogP contribution in [0.15, 0.2) is 0 Å². The maximum Gasteiger partial charge on any atom is 0.213 e. The van der Waals surface area contributed by atoms with Crippen molar-refractivity contribution in [2.75, 3.05) is 32.6 Å². The molecule has 0 aromatic rings. The molecule has 1 aliphatic rings. The third-order valence-corrected chi connectivity index (χ3v) is 3.83. The Morgan fingerprint density at radius 2 is 2.27 bits per heavy atom. The summed E-state index contributed by atoms with van der Waals surface area (Å²) < 4.78 is 30.2. The molecule has 2 N–H and O–H groups in total. The minimum atomic E-state index is -3.16. The van der Waals surface area contributed by atoms with Gasteiger partial charge >= 0.3 is 0 Å². The lowest BCUT2D eigenvalue weighted by Gasteiger charge is -2.23. The standard InChI is InChI=1S/C9H20N2O3S/c1-14-6-7-15(12,13)11-8-9-4-2-3-5-10-9/h9-11H,2-8H2,1H3. The SMILES string of the molecule is COCCS(=O)(=O)NCC1CCCCN1. The molecule has 6 heteroatoms. The second-order valence-corrected chi connectivity index (χ2v) is 5.73. The van der Waals surface area contributed by atoms with Crippen LogP contribution in [-0.4, -0.2) is 47.0 Å². The van der Waals surface area contributed by atoms with E-state index in [1.807, 2.05) is 0 Å². The first-order chi connectivity index (χ1) is 7.14. The Labute approximate surface area is 91.6 Å². The molecule has 1 heterocycles. The Hall–Kier alpha value is -0.170. The molecular weight excluding hydrogens is 216 g/mol. The van der Waals surface area contributed by atoms with Crippen molar-refractivity contribution in [2.24, 2.45) is 0 Å². The molecule has 1 fully saturated rings. The third kappa shape index (κ3) is 5.46. The van der Waals surface area contributed by atoms with E-state index in [0.29, 0.717) is 6.54 Å². The first-order valence-electron chi connectivity index (χ1n) is 5.34. The van der Waals surface area contributed by atoms with Gasteiger partial charge in [-0.2, -0.15) is 0 Å². The Kier molecular flexibility index (Phi) is 5.52. The topological polar surface area (TPSA) is 67.4 Å². The summed E-state index contributed by atoms with van der Waals surface area (Å²) in [5, 5.41) is 3.29. The van der Waals surface area contributed by atoms with Gasteiger partial charge in [-0.1, -0.05) is 6.42 Å². The predicted molar refractivity (Wildman–Crippen MR) is 59.3 cm³/mol. The largest absolute Gasteiger partial charge is 0.384 e. The van der Waals surface area contributed by atoms with E-state index in [9.17, 15) is 8.42 Å². The van der Waals surface area contributed by atoms with E-state index >= 15 is 0 Å². The average Bonchev–Trinajstić information content (AvgIpc) is 2.25. The van der Waals surface area contributed by atoms with Crippen molar-refractivity contribution in [3.8, 4) is 0 Å². The van der Waals surface area contributed by atoms with Gasteiger partial charge in [0, 0.05) is 19.7 Å². The van der Waals surface area contributed by atoms with Crippen LogP contribution in [0.2, 0.25) is 0 Å². The summed E-state index contributed by atoms with van der Waals surface area (Å²) in [7, 11) is -1.66. The Bertz CT molecular complexity index is 261. The van der Waals surface area contributed by atoms with Crippen LogP contribution in [0.25, 0.3) is 0 Å². The van der Waals surface area contributed by atoms with Crippen LogP contribution in [-0.2, 0) is 14.8 Å². The summed E-state index contributed by atoms with van der Waals surface area (Å²) in [5.74, 6) is 0.0379. The number of piperidine rings is 1. The summed E-state index contributed by atoms with van der Waals surface area (Å²) in [4.78, 5) is 0. The van der Waals surface area contributed by atoms with Crippen molar-refractivity contribution in [3.63, 3.8) is 0 Å². The van der Waals surface area contributed by atoms with Gasteiger partial charge in [-0.15, -0.1) is 0 Å². The van der Waals surface area contributed by atoms with Crippen LogP contribution in [0.1, 0.15) is 19.3 Å². The first-order valence-corrected chi connectivity index (χ1v) is 6.99. The summed E-state index contributed by atoms with van der Waals surface area (Å²) >= 11 is 0. The van der Waals surface area contributed by atoms with E-state index < -0.39 is 10.0 Å². The van der Waals surface area contributed by atoms with E-state index in [1.54, 1.807) is 0 Å². The molecule has 0 aliphatic carbocycles. The Morgan fingerprint density at radius 3 is 2.87 bits per heavy atom. The lowest BCUT2D eigenvalue weighted by Crippen LogP contribution is -2.44. The minimum absolute atomic E-state index is 0.0379. The predicted octanol–water partition coefficient (Wildman–Crippen LogP) is -0.306. The van der Waals surface area contributed by atoms with Crippen LogP contribution in [0, 0.1) is 0 Å². The van der Waals surface area contributed by atoms with Crippen molar-refractivity contribution in [1.82, 2.24) is 10.0 Å². The van der Waals surface area contributed by atoms with Crippen LogP contribution >= 0.6 is 0 Å². The lowest BCUT2D eigenvalue weighted by molar-refractivity contribution is 0.217. The van der Waals surface area contributed by atoms with Gasteiger partial charge < -0.3 is 10.1 Å². The molecular formula is C9H20N2O3S.